The molecule has 3 aliphatic heterocycles. The molecule has 35 heavy (non-hydrogen) atoms. The minimum atomic E-state index is -0.557. The van der Waals surface area contributed by atoms with E-state index in [1.54, 1.807) is 42.5 Å². The number of hydrogen-bond donors (Lipinski definition) is 3. The number of fused-ring (bicyclic) bond motifs is 3. The molecule has 3 unspecified atom stereocenters. The van der Waals surface area contributed by atoms with Crippen molar-refractivity contribution in [2.45, 2.75) is 24.7 Å². The van der Waals surface area contributed by atoms with Gasteiger partial charge < -0.3 is 19.8 Å². The van der Waals surface area contributed by atoms with Gasteiger partial charge in [-0.05, 0) is 36.2 Å². The van der Waals surface area contributed by atoms with E-state index in [-0.39, 0.29) is 36.4 Å². The fraction of sp³-hybridized carbons (Fsp3) is 0.292. The van der Waals surface area contributed by atoms with Crippen molar-refractivity contribution in [3.8, 4) is 5.75 Å². The molecule has 0 radical (unpaired) electrons. The zero-order valence-electron chi connectivity index (χ0n) is 19.3. The third-order valence-electron chi connectivity index (χ3n) is 6.36. The summed E-state index contributed by atoms with van der Waals surface area (Å²) in [6.07, 6.45) is 3.95. The summed E-state index contributed by atoms with van der Waals surface area (Å²) in [5, 5.41) is 5.98. The largest absolute Gasteiger partial charge is 0.497 e. The first-order valence-electron chi connectivity index (χ1n) is 11.2. The lowest BCUT2D eigenvalue weighted by Gasteiger charge is -2.34. The lowest BCUT2D eigenvalue weighted by molar-refractivity contribution is -0.117. The first kappa shape index (κ1) is 22.7. The molecule has 0 aliphatic carbocycles. The van der Waals surface area contributed by atoms with Crippen LogP contribution in [0.15, 0.2) is 60.9 Å². The van der Waals surface area contributed by atoms with Crippen LogP contribution < -0.4 is 20.9 Å². The Morgan fingerprint density at radius 3 is 2.57 bits per heavy atom. The SMILES string of the molecule is COC(=O)c1ccccc1NC(=O)CN1NC2C3CC(c4ccc(OC)cc4)NN3C=CN2C1=O. The quantitative estimate of drug-likeness (QED) is 0.539. The van der Waals surface area contributed by atoms with Crippen LogP contribution in [0, 0.1) is 0 Å². The molecule has 2 aromatic carbocycles. The Balaban J connectivity index is 1.25. The normalized spacial score (nSPS) is 22.6. The summed E-state index contributed by atoms with van der Waals surface area (Å²) in [4.78, 5) is 39.3. The number of para-hydroxylation sites is 1. The topological polar surface area (TPSA) is 115 Å². The highest BCUT2D eigenvalue weighted by atomic mass is 16.5. The molecule has 3 N–H and O–H groups in total. The number of urea groups is 1. The lowest BCUT2D eigenvalue weighted by Crippen LogP contribution is -2.54. The summed E-state index contributed by atoms with van der Waals surface area (Å²) in [6.45, 7) is -0.225. The second-order valence-corrected chi connectivity index (χ2v) is 8.40. The number of amides is 3. The van der Waals surface area contributed by atoms with Crippen LogP contribution in [0.3, 0.4) is 0 Å². The van der Waals surface area contributed by atoms with Crippen molar-refractivity contribution < 1.29 is 23.9 Å². The Hall–Kier alpha value is -4.09. The molecule has 0 spiro atoms. The number of nitrogens with zero attached hydrogens (tertiary/aromatic N) is 3. The van der Waals surface area contributed by atoms with Crippen LogP contribution in [0.4, 0.5) is 10.5 Å². The van der Waals surface area contributed by atoms with Crippen molar-refractivity contribution in [1.82, 2.24) is 25.8 Å². The zero-order valence-corrected chi connectivity index (χ0v) is 19.3. The van der Waals surface area contributed by atoms with Gasteiger partial charge in [0.15, 0.2) is 0 Å². The molecule has 0 saturated carbocycles. The third kappa shape index (κ3) is 4.27. The van der Waals surface area contributed by atoms with Crippen LogP contribution in [0.25, 0.3) is 0 Å². The molecule has 2 aromatic rings. The Morgan fingerprint density at radius 1 is 1.06 bits per heavy atom. The van der Waals surface area contributed by atoms with E-state index in [1.807, 2.05) is 35.5 Å². The van der Waals surface area contributed by atoms with E-state index >= 15 is 0 Å². The van der Waals surface area contributed by atoms with E-state index in [2.05, 4.69) is 16.2 Å². The number of hydrazine groups is 2. The van der Waals surface area contributed by atoms with E-state index in [0.717, 1.165) is 17.7 Å². The van der Waals surface area contributed by atoms with Gasteiger partial charge in [-0.2, -0.15) is 0 Å². The summed E-state index contributed by atoms with van der Waals surface area (Å²) in [6, 6.07) is 14.1. The summed E-state index contributed by atoms with van der Waals surface area (Å²) >= 11 is 0. The number of esters is 1. The predicted octanol–water partition coefficient (Wildman–Crippen LogP) is 1.79. The van der Waals surface area contributed by atoms with Crippen LogP contribution in [0.2, 0.25) is 0 Å². The number of carbonyl (C=O) groups excluding carboxylic acids is 3. The predicted molar refractivity (Wildman–Crippen MR) is 126 cm³/mol. The Kier molecular flexibility index (Phi) is 6.01. The number of nitrogens with one attached hydrogen (secondary N) is 3. The van der Waals surface area contributed by atoms with Crippen LogP contribution in [0.5, 0.6) is 5.75 Å². The molecular weight excluding hydrogens is 452 g/mol. The van der Waals surface area contributed by atoms with Gasteiger partial charge in [0.2, 0.25) is 5.91 Å². The molecule has 2 saturated heterocycles. The van der Waals surface area contributed by atoms with E-state index in [4.69, 9.17) is 9.47 Å². The van der Waals surface area contributed by atoms with Crippen molar-refractivity contribution in [1.29, 1.82) is 0 Å². The van der Waals surface area contributed by atoms with Gasteiger partial charge in [0.05, 0.1) is 37.6 Å². The number of benzene rings is 2. The highest BCUT2D eigenvalue weighted by Crippen LogP contribution is 2.35. The highest BCUT2D eigenvalue weighted by Gasteiger charge is 2.48. The molecule has 0 bridgehead atoms. The molecule has 11 nitrogen and oxygen atoms in total. The number of carbonyl (C=O) groups is 3. The second kappa shape index (κ2) is 9.28. The number of rotatable bonds is 6. The van der Waals surface area contributed by atoms with Crippen LogP contribution in [0.1, 0.15) is 28.4 Å². The number of methoxy groups -OCH3 is 2. The first-order chi connectivity index (χ1) is 17.0. The maximum Gasteiger partial charge on any atom is 0.340 e. The smallest absolute Gasteiger partial charge is 0.340 e. The number of ether oxygens (including phenoxy) is 2. The summed E-state index contributed by atoms with van der Waals surface area (Å²) < 4.78 is 10.0. The monoisotopic (exact) mass is 478 g/mol. The van der Waals surface area contributed by atoms with Crippen molar-refractivity contribution in [3.63, 3.8) is 0 Å². The standard InChI is InChI=1S/C24H26N6O5/c1-34-16-9-7-15(8-10-16)19-13-20-22-27-30(24(33)28(22)11-12-29(20)26-19)14-21(31)25-18-6-4-3-5-17(18)23(32)35-2/h3-12,19-20,22,26-27H,13-14H2,1-2H3,(H,25,31). The van der Waals surface area contributed by atoms with E-state index < -0.39 is 11.9 Å². The van der Waals surface area contributed by atoms with Gasteiger partial charge >= 0.3 is 12.0 Å². The molecule has 182 valence electrons. The molecule has 3 aliphatic rings. The Labute approximate surface area is 202 Å². The zero-order chi connectivity index (χ0) is 24.5. The van der Waals surface area contributed by atoms with Crippen molar-refractivity contribution in [2.75, 3.05) is 26.1 Å². The minimum absolute atomic E-state index is 0.0378. The van der Waals surface area contributed by atoms with E-state index in [1.165, 1.54) is 12.1 Å². The molecule has 11 heteroatoms. The Morgan fingerprint density at radius 2 is 1.83 bits per heavy atom. The van der Waals surface area contributed by atoms with Crippen molar-refractivity contribution in [2.24, 2.45) is 0 Å². The molecule has 5 rings (SSSR count). The van der Waals surface area contributed by atoms with Gasteiger partial charge in [0, 0.05) is 12.4 Å². The average molecular weight is 479 g/mol. The van der Waals surface area contributed by atoms with Gasteiger partial charge in [-0.25, -0.2) is 25.4 Å². The van der Waals surface area contributed by atoms with Gasteiger partial charge in [-0.15, -0.1) is 0 Å². The highest BCUT2D eigenvalue weighted by molar-refractivity contribution is 6.02. The first-order valence-corrected chi connectivity index (χ1v) is 11.2. The molecule has 3 heterocycles. The molecular formula is C24H26N6O5. The fourth-order valence-electron chi connectivity index (χ4n) is 4.60. The second-order valence-electron chi connectivity index (χ2n) is 8.40. The molecule has 2 fully saturated rings. The van der Waals surface area contributed by atoms with E-state index in [9.17, 15) is 14.4 Å². The molecule has 0 aromatic heterocycles. The number of hydrogen-bond acceptors (Lipinski definition) is 8. The third-order valence-corrected chi connectivity index (χ3v) is 6.36. The Bertz CT molecular complexity index is 1170. The van der Waals surface area contributed by atoms with Gasteiger partial charge in [-0.3, -0.25) is 9.69 Å². The maximum atomic E-state index is 13.0. The minimum Gasteiger partial charge on any atom is -0.497 e. The summed E-state index contributed by atoms with van der Waals surface area (Å²) in [5.74, 6) is -0.205. The summed E-state index contributed by atoms with van der Waals surface area (Å²) in [7, 11) is 2.91. The maximum absolute atomic E-state index is 13.0. The fourth-order valence-corrected chi connectivity index (χ4v) is 4.60. The van der Waals surface area contributed by atoms with Crippen molar-refractivity contribution >= 4 is 23.6 Å². The molecule has 3 amide bonds. The van der Waals surface area contributed by atoms with Crippen LogP contribution in [-0.2, 0) is 9.53 Å². The van der Waals surface area contributed by atoms with Crippen LogP contribution in [-0.4, -0.2) is 65.8 Å². The van der Waals surface area contributed by atoms with E-state index in [0.29, 0.717) is 5.69 Å². The average Bonchev–Trinajstić information content (AvgIpc) is 3.45. The molecule has 3 atom stereocenters. The van der Waals surface area contributed by atoms with Crippen LogP contribution >= 0.6 is 0 Å². The number of anilines is 1. The van der Waals surface area contributed by atoms with Crippen molar-refractivity contribution in [3.05, 3.63) is 72.1 Å². The van der Waals surface area contributed by atoms with Gasteiger partial charge in [0.1, 0.15) is 18.5 Å². The summed E-state index contributed by atoms with van der Waals surface area (Å²) in [5.41, 5.74) is 8.32. The lowest BCUT2D eigenvalue weighted by atomic mass is 10.00. The van der Waals surface area contributed by atoms with Gasteiger partial charge in [0.25, 0.3) is 0 Å². The van der Waals surface area contributed by atoms with Gasteiger partial charge in [-0.1, -0.05) is 24.3 Å².